The van der Waals surface area contributed by atoms with Crippen LogP contribution in [0.3, 0.4) is 0 Å². The highest BCUT2D eigenvalue weighted by Crippen LogP contribution is 2.44. The number of aromatic nitrogens is 3. The Labute approximate surface area is 319 Å². The van der Waals surface area contributed by atoms with E-state index in [0.717, 1.165) is 60.4 Å². The van der Waals surface area contributed by atoms with Gasteiger partial charge in [-0.1, -0.05) is 43.3 Å². The van der Waals surface area contributed by atoms with Crippen molar-refractivity contribution >= 4 is 86.7 Å². The van der Waals surface area contributed by atoms with Gasteiger partial charge in [-0.15, -0.1) is 0 Å². The van der Waals surface area contributed by atoms with Gasteiger partial charge in [-0.25, -0.2) is 0 Å². The van der Waals surface area contributed by atoms with Crippen molar-refractivity contribution in [2.75, 3.05) is 23.0 Å². The molecule has 0 amide bonds. The number of unbranched alkanes of at least 4 members (excludes halogenated alkanes) is 2. The van der Waals surface area contributed by atoms with Gasteiger partial charge in [0.15, 0.2) is 12.3 Å². The molecule has 3 aromatic heterocycles. The molecule has 14 heteroatoms. The van der Waals surface area contributed by atoms with Crippen LogP contribution < -0.4 is 14.2 Å². The molecule has 55 heavy (non-hydrogen) atoms. The smallest absolute Gasteiger partial charge is 0.374 e. The Hall–Kier alpha value is -5.15. The van der Waals surface area contributed by atoms with Gasteiger partial charge >= 0.3 is 5.89 Å². The Balaban J connectivity index is 1.21. The second-order valence-corrected chi connectivity index (χ2v) is 17.4. The van der Waals surface area contributed by atoms with Gasteiger partial charge in [0.2, 0.25) is 11.5 Å². The second-order valence-electron chi connectivity index (χ2n) is 14.2. The van der Waals surface area contributed by atoms with Crippen molar-refractivity contribution in [1.29, 1.82) is 0 Å². The molecule has 0 saturated heterocycles. The molecule has 0 unspecified atom stereocenters. The van der Waals surface area contributed by atoms with E-state index in [2.05, 4.69) is 55.0 Å². The molecule has 0 atom stereocenters. The summed E-state index contributed by atoms with van der Waals surface area (Å²) in [5.41, 5.74) is 7.58. The van der Waals surface area contributed by atoms with Crippen LogP contribution >= 0.6 is 0 Å². The summed E-state index contributed by atoms with van der Waals surface area (Å²) in [6.45, 7) is 2.96. The zero-order valence-electron chi connectivity index (χ0n) is 30.9. The SMILES string of the molecule is CCC(=C\c1oc2cc3c(cc2[n+]1CCCCS(=O)(=O)O)c1ccccc1n3C)/C=C1/Oc2cc3c(cc2N1CCCCS(=O)(=O)O)c1ccccc1n3C. The van der Waals surface area contributed by atoms with Gasteiger partial charge in [-0.2, -0.15) is 21.4 Å². The molecule has 1 aliphatic heterocycles. The number of ether oxygens (including phenoxy) is 1. The molecule has 12 nitrogen and oxygen atoms in total. The van der Waals surface area contributed by atoms with Crippen LogP contribution in [0.5, 0.6) is 5.75 Å². The molecule has 0 fully saturated rings. The van der Waals surface area contributed by atoms with Gasteiger partial charge in [-0.05, 0) is 49.5 Å². The van der Waals surface area contributed by atoms with E-state index in [1.165, 1.54) is 0 Å². The number of hydrogen-bond donors (Lipinski definition) is 2. The van der Waals surface area contributed by atoms with Gasteiger partial charge in [0.25, 0.3) is 25.8 Å². The predicted octanol–water partition coefficient (Wildman–Crippen LogP) is 7.88. The lowest BCUT2D eigenvalue weighted by Crippen LogP contribution is -2.35. The molecule has 0 bridgehead atoms. The highest BCUT2D eigenvalue weighted by atomic mass is 32.2. The number of benzene rings is 4. The van der Waals surface area contributed by atoms with Crippen molar-refractivity contribution < 1.29 is 39.7 Å². The number of oxazole rings is 1. The number of allylic oxidation sites excluding steroid dienone is 2. The topological polar surface area (TPSA) is 148 Å². The summed E-state index contributed by atoms with van der Waals surface area (Å²) in [4.78, 5) is 2.06. The van der Waals surface area contributed by atoms with Gasteiger partial charge < -0.3 is 23.2 Å². The minimum atomic E-state index is -4.09. The number of para-hydroxylation sites is 2. The number of hydrogen-bond acceptors (Lipinski definition) is 7. The van der Waals surface area contributed by atoms with Crippen LogP contribution in [0.15, 0.2) is 94.7 Å². The minimum Gasteiger partial charge on any atom is -0.439 e. The van der Waals surface area contributed by atoms with Crippen LogP contribution in [0.1, 0.15) is 44.9 Å². The Morgan fingerprint density at radius 2 is 1.35 bits per heavy atom. The van der Waals surface area contributed by atoms with Crippen molar-refractivity contribution in [2.45, 2.75) is 45.6 Å². The van der Waals surface area contributed by atoms with Gasteiger partial charge in [0.05, 0.1) is 34.3 Å². The lowest BCUT2D eigenvalue weighted by Gasteiger charge is -2.18. The van der Waals surface area contributed by atoms with Gasteiger partial charge in [0.1, 0.15) is 0 Å². The van der Waals surface area contributed by atoms with E-state index < -0.39 is 20.2 Å². The first-order chi connectivity index (χ1) is 26.3. The van der Waals surface area contributed by atoms with Crippen molar-refractivity contribution in [3.63, 3.8) is 0 Å². The molecule has 4 heterocycles. The Morgan fingerprint density at radius 3 is 1.98 bits per heavy atom. The minimum absolute atomic E-state index is 0.283. The predicted molar refractivity (Wildman–Crippen MR) is 216 cm³/mol. The number of fused-ring (bicyclic) bond motifs is 8. The molecule has 1 aliphatic rings. The molecular formula is C41H43N4O8S2+. The molecule has 7 aromatic rings. The highest BCUT2D eigenvalue weighted by Gasteiger charge is 2.29. The third-order valence-corrected chi connectivity index (χ3v) is 12.2. The maximum atomic E-state index is 11.5. The summed E-state index contributed by atoms with van der Waals surface area (Å²) in [6.07, 6.45) is 6.13. The van der Waals surface area contributed by atoms with Crippen LogP contribution in [-0.4, -0.2) is 53.1 Å². The fourth-order valence-corrected chi connectivity index (χ4v) is 8.99. The number of aryl methyl sites for hydroxylation is 3. The molecule has 0 radical (unpaired) electrons. The second kappa shape index (κ2) is 14.2. The Morgan fingerprint density at radius 1 is 0.745 bits per heavy atom. The van der Waals surface area contributed by atoms with Crippen molar-refractivity contribution in [2.24, 2.45) is 14.1 Å². The van der Waals surface area contributed by atoms with Crippen LogP contribution in [0, 0.1) is 0 Å². The lowest BCUT2D eigenvalue weighted by molar-refractivity contribution is -0.678. The zero-order valence-corrected chi connectivity index (χ0v) is 32.5. The highest BCUT2D eigenvalue weighted by molar-refractivity contribution is 7.86. The van der Waals surface area contributed by atoms with E-state index in [-0.39, 0.29) is 24.3 Å². The molecule has 4 aromatic carbocycles. The molecule has 0 spiro atoms. The first-order valence-electron chi connectivity index (χ1n) is 18.4. The monoisotopic (exact) mass is 783 g/mol. The average Bonchev–Trinajstić information content (AvgIpc) is 3.83. The van der Waals surface area contributed by atoms with E-state index >= 15 is 0 Å². The number of anilines is 1. The first kappa shape index (κ1) is 36.8. The molecule has 8 rings (SSSR count). The summed E-state index contributed by atoms with van der Waals surface area (Å²) in [5.74, 6) is 1.21. The number of nitrogens with zero attached hydrogens (tertiary/aromatic N) is 4. The van der Waals surface area contributed by atoms with E-state index in [1.807, 2.05) is 69.6 Å². The lowest BCUT2D eigenvalue weighted by atomic mass is 10.1. The first-order valence-corrected chi connectivity index (χ1v) is 21.6. The summed E-state index contributed by atoms with van der Waals surface area (Å²) >= 11 is 0. The van der Waals surface area contributed by atoms with Crippen LogP contribution in [0.25, 0.3) is 60.8 Å². The average molecular weight is 784 g/mol. The molecule has 2 N–H and O–H groups in total. The molecule has 0 saturated carbocycles. The summed E-state index contributed by atoms with van der Waals surface area (Å²) in [5, 5.41) is 4.39. The Kier molecular flexibility index (Phi) is 9.48. The van der Waals surface area contributed by atoms with Gasteiger partial charge in [0, 0.05) is 83.9 Å². The van der Waals surface area contributed by atoms with Crippen molar-refractivity contribution in [3.05, 3.63) is 96.2 Å². The standard InChI is InChI=1S/C41H42N4O8S2/c1-4-27(21-40-44(17-9-11-19-54(46,47)48)36-23-30-28-13-5-7-15-32(28)42(2)34(30)25-38(36)52-40)22-41-45(18-10-12-20-55(49,50)51)37-24-31-29-14-6-8-16-33(29)43(3)35(31)26-39(37)53-41/h5-8,13-16,21-26H,4,9-12,17-20H2,1-3H3,(H-,46,47,48,49,50,51)/p+1. The quantitative estimate of drug-likeness (QED) is 0.0677. The maximum absolute atomic E-state index is 11.5. The molecular weight excluding hydrogens is 741 g/mol. The van der Waals surface area contributed by atoms with Crippen molar-refractivity contribution in [3.8, 4) is 5.75 Å². The third-order valence-electron chi connectivity index (χ3n) is 10.6. The summed E-state index contributed by atoms with van der Waals surface area (Å²) < 4.78 is 84.3. The van der Waals surface area contributed by atoms with E-state index in [4.69, 9.17) is 9.15 Å². The van der Waals surface area contributed by atoms with E-state index in [9.17, 15) is 25.9 Å². The van der Waals surface area contributed by atoms with E-state index in [1.54, 1.807) is 0 Å². The normalized spacial score (nSPS) is 14.7. The van der Waals surface area contributed by atoms with Crippen LogP contribution in [0.2, 0.25) is 0 Å². The fraction of sp³-hybridized carbons (Fsp3) is 0.293. The third kappa shape index (κ3) is 7.10. The molecule has 286 valence electrons. The van der Waals surface area contributed by atoms with Crippen LogP contribution in [0.4, 0.5) is 5.69 Å². The maximum Gasteiger partial charge on any atom is 0.374 e. The largest absolute Gasteiger partial charge is 0.439 e. The molecule has 0 aliphatic carbocycles. The summed E-state index contributed by atoms with van der Waals surface area (Å²) in [6, 6.07) is 24.8. The van der Waals surface area contributed by atoms with Gasteiger partial charge in [-0.3, -0.25) is 9.11 Å². The number of rotatable bonds is 13. The zero-order chi connectivity index (χ0) is 38.6. The fourth-order valence-electron chi connectivity index (χ4n) is 7.86. The van der Waals surface area contributed by atoms with Crippen LogP contribution in [-0.2, 0) is 40.9 Å². The summed E-state index contributed by atoms with van der Waals surface area (Å²) in [7, 11) is -4.11. The Bertz CT molecular complexity index is 2940. The van der Waals surface area contributed by atoms with E-state index in [0.29, 0.717) is 55.5 Å². The van der Waals surface area contributed by atoms with Crippen molar-refractivity contribution in [1.82, 2.24) is 9.13 Å².